The fraction of sp³-hybridized carbons (Fsp3) is 0.0800. The number of pyridine rings is 1. The molecule has 0 saturated carbocycles. The molecule has 35 heavy (non-hydrogen) atoms. The van der Waals surface area contributed by atoms with Gasteiger partial charge in [-0.05, 0) is 48.9 Å². The number of hydrogen-bond donors (Lipinski definition) is 3. The SMILES string of the molecule is Cc1nc2cc(F)ccc2cc1C(=O)NNC(=O)c1cccc(S(=O)(=O)NCc2ccccc2)c1. The number of hydrazine groups is 1. The van der Waals surface area contributed by atoms with Crippen LogP contribution in [0, 0.1) is 12.7 Å². The molecule has 0 aliphatic carbocycles. The first-order valence-corrected chi connectivity index (χ1v) is 12.0. The number of hydrogen-bond acceptors (Lipinski definition) is 5. The number of amides is 2. The lowest BCUT2D eigenvalue weighted by atomic mass is 10.1. The lowest BCUT2D eigenvalue weighted by Gasteiger charge is -2.11. The first kappa shape index (κ1) is 24.0. The Kier molecular flexibility index (Phi) is 6.85. The van der Waals surface area contributed by atoms with E-state index in [2.05, 4.69) is 20.6 Å². The Hall–Kier alpha value is -4.15. The van der Waals surface area contributed by atoms with Crippen LogP contribution in [0.1, 0.15) is 32.0 Å². The predicted octanol–water partition coefficient (Wildman–Crippen LogP) is 3.24. The number of carbonyl (C=O) groups excluding carboxylic acids is 2. The molecule has 1 heterocycles. The van der Waals surface area contributed by atoms with E-state index < -0.39 is 27.7 Å². The molecular weight excluding hydrogens is 471 g/mol. The highest BCUT2D eigenvalue weighted by Gasteiger charge is 2.17. The van der Waals surface area contributed by atoms with Gasteiger partial charge in [0.05, 0.1) is 21.7 Å². The summed E-state index contributed by atoms with van der Waals surface area (Å²) in [5, 5.41) is 0.564. The highest BCUT2D eigenvalue weighted by Crippen LogP contribution is 2.18. The van der Waals surface area contributed by atoms with Crippen molar-refractivity contribution in [2.45, 2.75) is 18.4 Å². The minimum absolute atomic E-state index is 0.0386. The standard InChI is InChI=1S/C25H21FN4O4S/c1-16-22(13-18-10-11-20(26)14-23(18)28-16)25(32)30-29-24(31)19-8-5-9-21(12-19)35(33,34)27-15-17-6-3-2-4-7-17/h2-14,27H,15H2,1H3,(H,29,31)(H,30,32). The number of benzene rings is 3. The number of aromatic nitrogens is 1. The number of nitrogens with zero attached hydrogens (tertiary/aromatic N) is 1. The molecule has 0 aliphatic rings. The number of halogens is 1. The van der Waals surface area contributed by atoms with Crippen LogP contribution in [-0.2, 0) is 16.6 Å². The molecule has 0 spiro atoms. The van der Waals surface area contributed by atoms with E-state index in [4.69, 9.17) is 0 Å². The van der Waals surface area contributed by atoms with E-state index in [-0.39, 0.29) is 22.6 Å². The van der Waals surface area contributed by atoms with Gasteiger partial charge in [-0.1, -0.05) is 36.4 Å². The monoisotopic (exact) mass is 492 g/mol. The van der Waals surface area contributed by atoms with Crippen molar-refractivity contribution in [3.8, 4) is 0 Å². The van der Waals surface area contributed by atoms with Gasteiger partial charge in [0.25, 0.3) is 11.8 Å². The minimum Gasteiger partial charge on any atom is -0.267 e. The van der Waals surface area contributed by atoms with E-state index in [9.17, 15) is 22.4 Å². The van der Waals surface area contributed by atoms with Gasteiger partial charge in [0.15, 0.2) is 0 Å². The molecule has 178 valence electrons. The van der Waals surface area contributed by atoms with E-state index in [0.29, 0.717) is 16.6 Å². The molecule has 0 saturated heterocycles. The average molecular weight is 493 g/mol. The zero-order chi connectivity index (χ0) is 25.0. The van der Waals surface area contributed by atoms with Crippen molar-refractivity contribution in [2.75, 3.05) is 0 Å². The van der Waals surface area contributed by atoms with Gasteiger partial charge in [-0.15, -0.1) is 0 Å². The molecule has 4 rings (SSSR count). The topological polar surface area (TPSA) is 117 Å². The molecule has 4 aromatic rings. The second-order valence-electron chi connectivity index (χ2n) is 7.70. The fourth-order valence-corrected chi connectivity index (χ4v) is 4.44. The normalized spacial score (nSPS) is 11.3. The van der Waals surface area contributed by atoms with Crippen LogP contribution in [0.4, 0.5) is 4.39 Å². The zero-order valence-corrected chi connectivity index (χ0v) is 19.4. The van der Waals surface area contributed by atoms with Crippen LogP contribution in [0.5, 0.6) is 0 Å². The van der Waals surface area contributed by atoms with E-state index in [1.807, 2.05) is 6.07 Å². The van der Waals surface area contributed by atoms with Gasteiger partial charge in [-0.2, -0.15) is 0 Å². The van der Waals surface area contributed by atoms with Crippen molar-refractivity contribution < 1.29 is 22.4 Å². The Balaban J connectivity index is 1.43. The van der Waals surface area contributed by atoms with Crippen LogP contribution in [-0.4, -0.2) is 25.2 Å². The first-order chi connectivity index (χ1) is 16.7. The highest BCUT2D eigenvalue weighted by molar-refractivity contribution is 7.89. The molecule has 0 bridgehead atoms. The van der Waals surface area contributed by atoms with E-state index in [1.54, 1.807) is 37.3 Å². The molecule has 2 amide bonds. The number of carbonyl (C=O) groups is 2. The van der Waals surface area contributed by atoms with Gasteiger partial charge in [0.1, 0.15) is 5.82 Å². The molecule has 0 fully saturated rings. The number of fused-ring (bicyclic) bond motifs is 1. The van der Waals surface area contributed by atoms with Crippen molar-refractivity contribution >= 4 is 32.7 Å². The van der Waals surface area contributed by atoms with Gasteiger partial charge in [-0.3, -0.25) is 25.4 Å². The Morgan fingerprint density at radius 2 is 1.63 bits per heavy atom. The minimum atomic E-state index is -3.87. The Morgan fingerprint density at radius 3 is 2.40 bits per heavy atom. The van der Waals surface area contributed by atoms with Gasteiger partial charge < -0.3 is 0 Å². The Labute approximate surface area is 201 Å². The summed E-state index contributed by atoms with van der Waals surface area (Å²) in [6.45, 7) is 1.69. The lowest BCUT2D eigenvalue weighted by molar-refractivity contribution is 0.0846. The molecule has 0 radical (unpaired) electrons. The molecule has 10 heteroatoms. The van der Waals surface area contributed by atoms with Crippen LogP contribution in [0.3, 0.4) is 0 Å². The van der Waals surface area contributed by atoms with Crippen molar-refractivity contribution in [2.24, 2.45) is 0 Å². The Morgan fingerprint density at radius 1 is 0.886 bits per heavy atom. The largest absolute Gasteiger partial charge is 0.271 e. The van der Waals surface area contributed by atoms with E-state index in [1.165, 1.54) is 42.5 Å². The van der Waals surface area contributed by atoms with Gasteiger partial charge in [-0.25, -0.2) is 17.5 Å². The third-order valence-electron chi connectivity index (χ3n) is 5.22. The zero-order valence-electron chi connectivity index (χ0n) is 18.6. The fourth-order valence-electron chi connectivity index (χ4n) is 3.38. The smallest absolute Gasteiger partial charge is 0.267 e. The lowest BCUT2D eigenvalue weighted by Crippen LogP contribution is -2.42. The highest BCUT2D eigenvalue weighted by atomic mass is 32.2. The van der Waals surface area contributed by atoms with E-state index >= 15 is 0 Å². The number of aryl methyl sites for hydroxylation is 1. The summed E-state index contributed by atoms with van der Waals surface area (Å²) in [6, 6.07) is 20.0. The molecular formula is C25H21FN4O4S. The third-order valence-corrected chi connectivity index (χ3v) is 6.62. The summed E-state index contributed by atoms with van der Waals surface area (Å²) in [4.78, 5) is 29.3. The molecule has 1 aromatic heterocycles. The maximum atomic E-state index is 13.4. The van der Waals surface area contributed by atoms with Crippen molar-refractivity contribution in [1.82, 2.24) is 20.6 Å². The molecule has 0 unspecified atom stereocenters. The van der Waals surface area contributed by atoms with Crippen molar-refractivity contribution in [3.05, 3.63) is 107 Å². The summed E-state index contributed by atoms with van der Waals surface area (Å²) >= 11 is 0. The molecule has 8 nitrogen and oxygen atoms in total. The molecule has 0 atom stereocenters. The van der Waals surface area contributed by atoms with Crippen LogP contribution >= 0.6 is 0 Å². The maximum Gasteiger partial charge on any atom is 0.271 e. The Bertz CT molecular complexity index is 1530. The van der Waals surface area contributed by atoms with Gasteiger partial charge in [0, 0.05) is 23.6 Å². The second kappa shape index (κ2) is 10.00. The van der Waals surface area contributed by atoms with Crippen LogP contribution in [0.2, 0.25) is 0 Å². The summed E-state index contributed by atoms with van der Waals surface area (Å²) < 4.78 is 41.2. The molecule has 3 aromatic carbocycles. The summed E-state index contributed by atoms with van der Waals surface area (Å²) in [5.41, 5.74) is 6.36. The van der Waals surface area contributed by atoms with Crippen molar-refractivity contribution in [1.29, 1.82) is 0 Å². The second-order valence-corrected chi connectivity index (χ2v) is 9.47. The third kappa shape index (κ3) is 5.68. The number of nitrogens with one attached hydrogen (secondary N) is 3. The van der Waals surface area contributed by atoms with Crippen LogP contribution in [0.25, 0.3) is 10.9 Å². The number of rotatable bonds is 6. The maximum absolute atomic E-state index is 13.4. The van der Waals surface area contributed by atoms with Crippen LogP contribution < -0.4 is 15.6 Å². The van der Waals surface area contributed by atoms with Gasteiger partial charge in [0.2, 0.25) is 10.0 Å². The van der Waals surface area contributed by atoms with Crippen LogP contribution in [0.15, 0.2) is 83.8 Å². The number of sulfonamides is 1. The summed E-state index contributed by atoms with van der Waals surface area (Å²) in [5.74, 6) is -1.76. The summed E-state index contributed by atoms with van der Waals surface area (Å²) in [7, 11) is -3.87. The predicted molar refractivity (Wildman–Crippen MR) is 128 cm³/mol. The first-order valence-electron chi connectivity index (χ1n) is 10.5. The van der Waals surface area contributed by atoms with E-state index in [0.717, 1.165) is 5.56 Å². The van der Waals surface area contributed by atoms with Crippen molar-refractivity contribution in [3.63, 3.8) is 0 Å². The molecule has 0 aliphatic heterocycles. The molecule has 3 N–H and O–H groups in total. The summed E-state index contributed by atoms with van der Waals surface area (Å²) in [6.07, 6.45) is 0. The average Bonchev–Trinajstić information content (AvgIpc) is 2.86. The van der Waals surface area contributed by atoms with Gasteiger partial charge >= 0.3 is 0 Å². The quantitative estimate of drug-likeness (QED) is 0.357.